The van der Waals surface area contributed by atoms with E-state index in [1.54, 1.807) is 6.07 Å². The number of hydrogen-bond acceptors (Lipinski definition) is 7. The SMILES string of the molecule is NC(=O)CN1CCC(Nc2ncnc3nc(N)ccc23)CC1. The van der Waals surface area contributed by atoms with E-state index < -0.39 is 0 Å². The molecule has 1 saturated heterocycles. The molecule has 0 unspecified atom stereocenters. The number of piperidine rings is 1. The zero-order valence-corrected chi connectivity index (χ0v) is 12.2. The van der Waals surface area contributed by atoms with E-state index in [0.29, 0.717) is 24.1 Å². The average Bonchev–Trinajstić information content (AvgIpc) is 2.48. The predicted molar refractivity (Wildman–Crippen MR) is 84.0 cm³/mol. The summed E-state index contributed by atoms with van der Waals surface area (Å²) in [5, 5.41) is 4.30. The minimum atomic E-state index is -0.281. The van der Waals surface area contributed by atoms with Crippen molar-refractivity contribution in [3.63, 3.8) is 0 Å². The second kappa shape index (κ2) is 6.10. The second-order valence-corrected chi connectivity index (χ2v) is 5.49. The number of fused-ring (bicyclic) bond motifs is 1. The molecule has 116 valence electrons. The number of hydrogen-bond donors (Lipinski definition) is 3. The maximum absolute atomic E-state index is 10.9. The van der Waals surface area contributed by atoms with Gasteiger partial charge in [0.15, 0.2) is 5.65 Å². The monoisotopic (exact) mass is 301 g/mol. The fourth-order valence-corrected chi connectivity index (χ4v) is 2.72. The van der Waals surface area contributed by atoms with E-state index in [-0.39, 0.29) is 5.91 Å². The third kappa shape index (κ3) is 3.22. The van der Waals surface area contributed by atoms with Gasteiger partial charge in [0.2, 0.25) is 5.91 Å². The fourth-order valence-electron chi connectivity index (χ4n) is 2.72. The third-order valence-corrected chi connectivity index (χ3v) is 3.83. The van der Waals surface area contributed by atoms with E-state index in [0.717, 1.165) is 37.1 Å². The molecule has 0 bridgehead atoms. The van der Waals surface area contributed by atoms with Gasteiger partial charge in [-0.3, -0.25) is 9.69 Å². The van der Waals surface area contributed by atoms with Crippen LogP contribution in [0.5, 0.6) is 0 Å². The van der Waals surface area contributed by atoms with Crippen LogP contribution in [0.25, 0.3) is 11.0 Å². The first-order chi connectivity index (χ1) is 10.6. The summed E-state index contributed by atoms with van der Waals surface area (Å²) in [7, 11) is 0. The van der Waals surface area contributed by atoms with Crippen LogP contribution in [-0.4, -0.2) is 51.4 Å². The number of nitrogen functional groups attached to an aromatic ring is 1. The summed E-state index contributed by atoms with van der Waals surface area (Å²) in [6, 6.07) is 3.92. The number of primary amides is 1. The molecule has 8 nitrogen and oxygen atoms in total. The van der Waals surface area contributed by atoms with Crippen molar-refractivity contribution in [2.75, 3.05) is 30.7 Å². The number of carbonyl (C=O) groups is 1. The number of carbonyl (C=O) groups excluding carboxylic acids is 1. The highest BCUT2D eigenvalue weighted by Gasteiger charge is 2.21. The van der Waals surface area contributed by atoms with Crippen LogP contribution in [0.1, 0.15) is 12.8 Å². The normalized spacial score (nSPS) is 16.7. The molecule has 8 heteroatoms. The first kappa shape index (κ1) is 14.5. The van der Waals surface area contributed by atoms with Gasteiger partial charge in [-0.2, -0.15) is 0 Å². The average molecular weight is 301 g/mol. The maximum atomic E-state index is 10.9. The summed E-state index contributed by atoms with van der Waals surface area (Å²) in [6.45, 7) is 2.01. The standard InChI is InChI=1S/C14H19N7O/c15-11-2-1-10-13(17-8-18-14(10)20-11)19-9-3-5-21(6-4-9)7-12(16)22/h1-2,8-9H,3-7H2,(H2,16,22)(H3,15,17,18,19,20). The van der Waals surface area contributed by atoms with Crippen molar-refractivity contribution in [1.82, 2.24) is 19.9 Å². The van der Waals surface area contributed by atoms with Gasteiger partial charge in [-0.05, 0) is 25.0 Å². The highest BCUT2D eigenvalue weighted by Crippen LogP contribution is 2.22. The van der Waals surface area contributed by atoms with Gasteiger partial charge in [0, 0.05) is 19.1 Å². The molecule has 3 rings (SSSR count). The smallest absolute Gasteiger partial charge is 0.231 e. The van der Waals surface area contributed by atoms with Crippen molar-refractivity contribution in [3.8, 4) is 0 Å². The molecule has 2 aromatic rings. The van der Waals surface area contributed by atoms with Crippen LogP contribution in [0.15, 0.2) is 18.5 Å². The minimum Gasteiger partial charge on any atom is -0.384 e. The summed E-state index contributed by atoms with van der Waals surface area (Å²) in [5.74, 6) is 0.930. The molecule has 0 spiro atoms. The minimum absolute atomic E-state index is 0.281. The lowest BCUT2D eigenvalue weighted by Crippen LogP contribution is -2.43. The molecule has 0 aromatic carbocycles. The Kier molecular flexibility index (Phi) is 4.01. The van der Waals surface area contributed by atoms with Crippen LogP contribution in [0, 0.1) is 0 Å². The second-order valence-electron chi connectivity index (χ2n) is 5.49. The molecule has 5 N–H and O–H groups in total. The predicted octanol–water partition coefficient (Wildman–Crippen LogP) is -0.0314. The number of pyridine rings is 1. The number of aromatic nitrogens is 3. The molecular weight excluding hydrogens is 282 g/mol. The number of rotatable bonds is 4. The van der Waals surface area contributed by atoms with Gasteiger partial charge in [0.05, 0.1) is 11.9 Å². The van der Waals surface area contributed by atoms with E-state index in [2.05, 4.69) is 25.2 Å². The number of anilines is 2. The lowest BCUT2D eigenvalue weighted by molar-refractivity contribution is -0.119. The number of likely N-dealkylation sites (tertiary alicyclic amines) is 1. The van der Waals surface area contributed by atoms with Gasteiger partial charge in [0.1, 0.15) is 18.0 Å². The quantitative estimate of drug-likeness (QED) is 0.724. The summed E-state index contributed by atoms with van der Waals surface area (Å²) in [5.41, 5.74) is 11.5. The first-order valence-electron chi connectivity index (χ1n) is 7.26. The maximum Gasteiger partial charge on any atom is 0.231 e. The van der Waals surface area contributed by atoms with E-state index >= 15 is 0 Å². The lowest BCUT2D eigenvalue weighted by Gasteiger charge is -2.31. The molecule has 0 aliphatic carbocycles. The molecule has 1 aliphatic heterocycles. The van der Waals surface area contributed by atoms with Crippen molar-refractivity contribution < 1.29 is 4.79 Å². The molecule has 0 radical (unpaired) electrons. The Balaban J connectivity index is 1.68. The highest BCUT2D eigenvalue weighted by molar-refractivity contribution is 5.87. The summed E-state index contributed by atoms with van der Waals surface area (Å²) in [6.07, 6.45) is 3.35. The van der Waals surface area contributed by atoms with Crippen LogP contribution >= 0.6 is 0 Å². The van der Waals surface area contributed by atoms with E-state index in [1.165, 1.54) is 6.33 Å². The van der Waals surface area contributed by atoms with Crippen LogP contribution < -0.4 is 16.8 Å². The molecule has 0 atom stereocenters. The van der Waals surface area contributed by atoms with Crippen LogP contribution in [0.2, 0.25) is 0 Å². The summed E-state index contributed by atoms with van der Waals surface area (Å²) >= 11 is 0. The van der Waals surface area contributed by atoms with Crippen LogP contribution in [0.4, 0.5) is 11.6 Å². The molecule has 1 aliphatic rings. The zero-order valence-electron chi connectivity index (χ0n) is 12.2. The Labute approximate surface area is 127 Å². The number of nitrogens with one attached hydrogen (secondary N) is 1. The highest BCUT2D eigenvalue weighted by atomic mass is 16.1. The molecule has 2 aromatic heterocycles. The lowest BCUT2D eigenvalue weighted by atomic mass is 10.0. The van der Waals surface area contributed by atoms with Gasteiger partial charge in [0.25, 0.3) is 0 Å². The van der Waals surface area contributed by atoms with Gasteiger partial charge in [-0.25, -0.2) is 15.0 Å². The Morgan fingerprint density at radius 3 is 2.82 bits per heavy atom. The largest absolute Gasteiger partial charge is 0.384 e. The Bertz CT molecular complexity index is 682. The van der Waals surface area contributed by atoms with Crippen molar-refractivity contribution in [3.05, 3.63) is 18.5 Å². The van der Waals surface area contributed by atoms with Crippen molar-refractivity contribution in [2.45, 2.75) is 18.9 Å². The van der Waals surface area contributed by atoms with Gasteiger partial charge >= 0.3 is 0 Å². The Hall–Kier alpha value is -2.48. The Morgan fingerprint density at radius 1 is 1.32 bits per heavy atom. The molecular formula is C14H19N7O. The summed E-state index contributed by atoms with van der Waals surface area (Å²) < 4.78 is 0. The fraction of sp³-hybridized carbons (Fsp3) is 0.429. The molecule has 1 fully saturated rings. The first-order valence-corrected chi connectivity index (χ1v) is 7.26. The van der Waals surface area contributed by atoms with E-state index in [9.17, 15) is 4.79 Å². The summed E-state index contributed by atoms with van der Waals surface area (Å²) in [4.78, 5) is 25.7. The van der Waals surface area contributed by atoms with Gasteiger partial charge in [-0.1, -0.05) is 0 Å². The number of amides is 1. The molecule has 1 amide bonds. The van der Waals surface area contributed by atoms with Crippen LogP contribution in [0.3, 0.4) is 0 Å². The van der Waals surface area contributed by atoms with E-state index in [4.69, 9.17) is 11.5 Å². The van der Waals surface area contributed by atoms with E-state index in [1.807, 2.05) is 6.07 Å². The molecule has 0 saturated carbocycles. The van der Waals surface area contributed by atoms with Gasteiger partial charge < -0.3 is 16.8 Å². The number of nitrogens with zero attached hydrogens (tertiary/aromatic N) is 4. The Morgan fingerprint density at radius 2 is 2.09 bits per heavy atom. The van der Waals surface area contributed by atoms with Crippen LogP contribution in [-0.2, 0) is 4.79 Å². The number of nitrogens with two attached hydrogens (primary N) is 2. The van der Waals surface area contributed by atoms with Crippen molar-refractivity contribution in [1.29, 1.82) is 0 Å². The van der Waals surface area contributed by atoms with Crippen molar-refractivity contribution >= 4 is 28.6 Å². The topological polar surface area (TPSA) is 123 Å². The van der Waals surface area contributed by atoms with Crippen molar-refractivity contribution in [2.24, 2.45) is 5.73 Å². The van der Waals surface area contributed by atoms with Gasteiger partial charge in [-0.15, -0.1) is 0 Å². The zero-order chi connectivity index (χ0) is 15.5. The molecule has 3 heterocycles. The molecule has 22 heavy (non-hydrogen) atoms. The third-order valence-electron chi connectivity index (χ3n) is 3.83.